The van der Waals surface area contributed by atoms with Gasteiger partial charge in [-0.2, -0.15) is 0 Å². The number of benzene rings is 1. The number of amides is 2. The number of rotatable bonds is 3. The first kappa shape index (κ1) is 20.2. The Labute approximate surface area is 156 Å². The van der Waals surface area contributed by atoms with E-state index in [4.69, 9.17) is 0 Å². The zero-order valence-corrected chi connectivity index (χ0v) is 17.2. The molecular formula is C22H31NO3. The lowest BCUT2D eigenvalue weighted by molar-refractivity contribution is -0.119. The van der Waals surface area contributed by atoms with Gasteiger partial charge in [-0.1, -0.05) is 55.4 Å². The predicted octanol–water partition coefficient (Wildman–Crippen LogP) is 4.83. The van der Waals surface area contributed by atoms with E-state index in [0.29, 0.717) is 5.69 Å². The fourth-order valence-electron chi connectivity index (χ4n) is 3.91. The average Bonchev–Trinajstić information content (AvgIpc) is 2.74. The summed E-state index contributed by atoms with van der Waals surface area (Å²) in [6, 6.07) is 3.55. The predicted molar refractivity (Wildman–Crippen MR) is 106 cm³/mol. The molecule has 1 N–H and O–H groups in total. The highest BCUT2D eigenvalue weighted by molar-refractivity contribution is 6.28. The molecule has 4 heteroatoms. The normalized spacial score (nSPS) is 15.9. The number of phenolic OH excluding ortho intramolecular Hbond substituents is 1. The summed E-state index contributed by atoms with van der Waals surface area (Å²) in [5, 5.41) is 11.1. The summed E-state index contributed by atoms with van der Waals surface area (Å²) >= 11 is 0. The van der Waals surface area contributed by atoms with Crippen LogP contribution in [0.1, 0.15) is 72.9 Å². The van der Waals surface area contributed by atoms with E-state index in [9.17, 15) is 14.7 Å². The quantitative estimate of drug-likeness (QED) is 0.788. The first-order valence-corrected chi connectivity index (χ1v) is 9.08. The summed E-state index contributed by atoms with van der Waals surface area (Å²) in [5.41, 5.74) is 1.43. The van der Waals surface area contributed by atoms with E-state index in [1.807, 2.05) is 20.8 Å². The smallest absolute Gasteiger partial charge is 0.258 e. The summed E-state index contributed by atoms with van der Waals surface area (Å²) in [5.74, 6) is -0.442. The minimum atomic E-state index is -0.347. The van der Waals surface area contributed by atoms with E-state index in [2.05, 4.69) is 34.6 Å². The zero-order chi connectivity index (χ0) is 20.1. The minimum absolute atomic E-state index is 0.0642. The lowest BCUT2D eigenvalue weighted by atomic mass is 9.70. The molecule has 0 spiro atoms. The molecule has 4 nitrogen and oxygen atoms in total. The minimum Gasteiger partial charge on any atom is -0.507 e. The van der Waals surface area contributed by atoms with Crippen LogP contribution in [0.2, 0.25) is 0 Å². The number of phenols is 1. The monoisotopic (exact) mass is 357 g/mol. The standard InChI is InChI=1S/C22H31NO3/c1-20(2,3)13-22(7,8)16-12-14(23-17(24)9-10-18(23)25)11-15(19(16)26)21(4,5)6/h9-12,26H,13H2,1-8H3. The number of hydrogen-bond acceptors (Lipinski definition) is 3. The molecule has 0 radical (unpaired) electrons. The Kier molecular flexibility index (Phi) is 4.86. The van der Waals surface area contributed by atoms with Gasteiger partial charge in [0.05, 0.1) is 5.69 Å². The van der Waals surface area contributed by atoms with Crippen LogP contribution in [0.4, 0.5) is 5.69 Å². The Morgan fingerprint density at radius 3 is 1.73 bits per heavy atom. The lowest BCUT2D eigenvalue weighted by Crippen LogP contribution is -2.31. The van der Waals surface area contributed by atoms with Gasteiger partial charge in [-0.05, 0) is 34.8 Å². The third-order valence-corrected chi connectivity index (χ3v) is 4.67. The highest BCUT2D eigenvalue weighted by atomic mass is 16.3. The second-order valence-corrected chi connectivity index (χ2v) is 10.1. The van der Waals surface area contributed by atoms with E-state index in [1.54, 1.807) is 12.1 Å². The summed E-state index contributed by atoms with van der Waals surface area (Å²) in [6.45, 7) is 16.7. The molecule has 0 aromatic heterocycles. The van der Waals surface area contributed by atoms with E-state index in [0.717, 1.165) is 17.5 Å². The van der Waals surface area contributed by atoms with Crippen molar-refractivity contribution in [2.24, 2.45) is 5.41 Å². The molecule has 2 amide bonds. The molecule has 1 aliphatic heterocycles. The summed E-state index contributed by atoms with van der Waals surface area (Å²) in [6.07, 6.45) is 3.42. The summed E-state index contributed by atoms with van der Waals surface area (Å²) in [7, 11) is 0. The van der Waals surface area contributed by atoms with Crippen LogP contribution in [0.25, 0.3) is 0 Å². The molecular weight excluding hydrogens is 326 g/mol. The van der Waals surface area contributed by atoms with Crippen LogP contribution in [-0.4, -0.2) is 16.9 Å². The van der Waals surface area contributed by atoms with Gasteiger partial charge < -0.3 is 5.11 Å². The number of hydrogen-bond donors (Lipinski definition) is 1. The van der Waals surface area contributed by atoms with Crippen LogP contribution in [0.15, 0.2) is 24.3 Å². The molecule has 2 rings (SSSR count). The largest absolute Gasteiger partial charge is 0.507 e. The Morgan fingerprint density at radius 2 is 1.31 bits per heavy atom. The molecule has 1 aromatic rings. The first-order valence-electron chi connectivity index (χ1n) is 9.08. The van der Waals surface area contributed by atoms with Gasteiger partial charge in [0.1, 0.15) is 5.75 Å². The molecule has 26 heavy (non-hydrogen) atoms. The van der Waals surface area contributed by atoms with Crippen molar-refractivity contribution in [2.75, 3.05) is 4.90 Å². The van der Waals surface area contributed by atoms with Gasteiger partial charge in [0.25, 0.3) is 11.8 Å². The number of carbonyl (C=O) groups is 2. The van der Waals surface area contributed by atoms with E-state index in [-0.39, 0.29) is 33.8 Å². The molecule has 1 aliphatic rings. The highest BCUT2D eigenvalue weighted by Gasteiger charge is 2.35. The van der Waals surface area contributed by atoms with Crippen molar-refractivity contribution in [1.82, 2.24) is 0 Å². The Hall–Kier alpha value is -2.10. The van der Waals surface area contributed by atoms with Crippen molar-refractivity contribution < 1.29 is 14.7 Å². The van der Waals surface area contributed by atoms with Gasteiger partial charge in [-0.15, -0.1) is 0 Å². The molecule has 0 unspecified atom stereocenters. The van der Waals surface area contributed by atoms with Gasteiger partial charge >= 0.3 is 0 Å². The Bertz CT molecular complexity index is 756. The maximum atomic E-state index is 12.2. The summed E-state index contributed by atoms with van der Waals surface area (Å²) in [4.78, 5) is 25.5. The van der Waals surface area contributed by atoms with Gasteiger partial charge in [-0.25, -0.2) is 4.90 Å². The molecule has 142 valence electrons. The fourth-order valence-corrected chi connectivity index (χ4v) is 3.91. The van der Waals surface area contributed by atoms with Crippen molar-refractivity contribution in [3.05, 3.63) is 35.4 Å². The lowest BCUT2D eigenvalue weighted by Gasteiger charge is -2.35. The molecule has 0 aliphatic carbocycles. The van der Waals surface area contributed by atoms with Gasteiger partial charge in [0.2, 0.25) is 0 Å². The molecule has 0 fully saturated rings. The number of carbonyl (C=O) groups excluding carboxylic acids is 2. The van der Waals surface area contributed by atoms with E-state index < -0.39 is 0 Å². The fraction of sp³-hybridized carbons (Fsp3) is 0.545. The van der Waals surface area contributed by atoms with Crippen LogP contribution >= 0.6 is 0 Å². The van der Waals surface area contributed by atoms with E-state index in [1.165, 1.54) is 17.1 Å². The number of nitrogens with zero attached hydrogens (tertiary/aromatic N) is 1. The van der Waals surface area contributed by atoms with Crippen LogP contribution in [0.5, 0.6) is 5.75 Å². The molecule has 0 saturated heterocycles. The maximum Gasteiger partial charge on any atom is 0.258 e. The number of imide groups is 1. The van der Waals surface area contributed by atoms with Gasteiger partial charge in [0.15, 0.2) is 0 Å². The molecule has 1 aromatic carbocycles. The molecule has 0 saturated carbocycles. The first-order chi connectivity index (χ1) is 11.6. The second kappa shape index (κ2) is 6.26. The van der Waals surface area contributed by atoms with Crippen LogP contribution in [-0.2, 0) is 20.4 Å². The van der Waals surface area contributed by atoms with Crippen LogP contribution in [0.3, 0.4) is 0 Å². The molecule has 1 heterocycles. The van der Waals surface area contributed by atoms with Gasteiger partial charge in [0, 0.05) is 23.3 Å². The third kappa shape index (κ3) is 4.00. The van der Waals surface area contributed by atoms with E-state index >= 15 is 0 Å². The van der Waals surface area contributed by atoms with Crippen molar-refractivity contribution >= 4 is 17.5 Å². The highest BCUT2D eigenvalue weighted by Crippen LogP contribution is 2.46. The Morgan fingerprint density at radius 1 is 0.846 bits per heavy atom. The molecule has 0 atom stereocenters. The van der Waals surface area contributed by atoms with Crippen LogP contribution in [0, 0.1) is 5.41 Å². The van der Waals surface area contributed by atoms with Crippen LogP contribution < -0.4 is 4.90 Å². The topological polar surface area (TPSA) is 57.6 Å². The number of anilines is 1. The van der Waals surface area contributed by atoms with Crippen molar-refractivity contribution in [3.63, 3.8) is 0 Å². The van der Waals surface area contributed by atoms with Gasteiger partial charge in [-0.3, -0.25) is 9.59 Å². The SMILES string of the molecule is CC(C)(C)CC(C)(C)c1cc(N2C(=O)C=CC2=O)cc(C(C)(C)C)c1O. The number of aromatic hydroxyl groups is 1. The summed E-state index contributed by atoms with van der Waals surface area (Å²) < 4.78 is 0. The third-order valence-electron chi connectivity index (χ3n) is 4.67. The van der Waals surface area contributed by atoms with Crippen molar-refractivity contribution in [2.45, 2.75) is 72.6 Å². The zero-order valence-electron chi connectivity index (χ0n) is 17.2. The van der Waals surface area contributed by atoms with Crippen molar-refractivity contribution in [1.29, 1.82) is 0 Å². The molecule has 0 bridgehead atoms. The Balaban J connectivity index is 2.70. The second-order valence-electron chi connectivity index (χ2n) is 10.1. The van der Waals surface area contributed by atoms with Crippen molar-refractivity contribution in [3.8, 4) is 5.75 Å². The maximum absolute atomic E-state index is 12.2. The average molecular weight is 357 g/mol.